The predicted molar refractivity (Wildman–Crippen MR) is 88.7 cm³/mol. The molecule has 2 aliphatic rings. The maximum Gasteiger partial charge on any atom is 0.280 e. The van der Waals surface area contributed by atoms with Crippen molar-refractivity contribution >= 4 is 27.6 Å². The standard InChI is InChI=1S/C16H19N3O5S/c1-2-18(11-6-9-25(23,24)10-11)13(20)5-8-19-15(21)12-4-3-7-17-14(12)16(19)22/h3-4,7,11H,2,5-6,8-10H2,1H3. The fourth-order valence-corrected chi connectivity index (χ4v) is 5.06. The van der Waals surface area contributed by atoms with E-state index in [4.69, 9.17) is 0 Å². The van der Waals surface area contributed by atoms with Crippen molar-refractivity contribution < 1.29 is 22.8 Å². The van der Waals surface area contributed by atoms with Gasteiger partial charge in [0, 0.05) is 31.7 Å². The molecule has 1 unspecified atom stereocenters. The minimum atomic E-state index is -3.09. The summed E-state index contributed by atoms with van der Waals surface area (Å²) in [6, 6.07) is 2.79. The van der Waals surface area contributed by atoms with E-state index in [9.17, 15) is 22.8 Å². The van der Waals surface area contributed by atoms with Gasteiger partial charge in [0.15, 0.2) is 9.84 Å². The number of fused-ring (bicyclic) bond motifs is 1. The highest BCUT2D eigenvalue weighted by atomic mass is 32.2. The molecule has 0 N–H and O–H groups in total. The summed E-state index contributed by atoms with van der Waals surface area (Å²) in [6.45, 7) is 2.14. The van der Waals surface area contributed by atoms with Gasteiger partial charge in [-0.15, -0.1) is 0 Å². The number of sulfone groups is 1. The van der Waals surface area contributed by atoms with Crippen LogP contribution < -0.4 is 0 Å². The van der Waals surface area contributed by atoms with Gasteiger partial charge in [0.25, 0.3) is 11.8 Å². The molecular weight excluding hydrogens is 346 g/mol. The first-order valence-corrected chi connectivity index (χ1v) is 9.97. The molecule has 3 heterocycles. The van der Waals surface area contributed by atoms with Gasteiger partial charge in [-0.1, -0.05) is 0 Å². The number of rotatable bonds is 5. The summed E-state index contributed by atoms with van der Waals surface area (Å²) in [5.41, 5.74) is 0.350. The van der Waals surface area contributed by atoms with Crippen molar-refractivity contribution in [2.75, 3.05) is 24.6 Å². The molecule has 1 saturated heterocycles. The van der Waals surface area contributed by atoms with Gasteiger partial charge in [0.05, 0.1) is 17.1 Å². The van der Waals surface area contributed by atoms with Crippen LogP contribution in [0.2, 0.25) is 0 Å². The van der Waals surface area contributed by atoms with Crippen molar-refractivity contribution in [1.82, 2.24) is 14.8 Å². The molecule has 1 aromatic rings. The fraction of sp³-hybridized carbons (Fsp3) is 0.500. The molecule has 0 saturated carbocycles. The van der Waals surface area contributed by atoms with Crippen LogP contribution in [0.5, 0.6) is 0 Å². The highest BCUT2D eigenvalue weighted by molar-refractivity contribution is 7.91. The number of imide groups is 1. The zero-order valence-electron chi connectivity index (χ0n) is 13.8. The zero-order valence-corrected chi connectivity index (χ0v) is 14.7. The Bertz CT molecular complexity index is 801. The van der Waals surface area contributed by atoms with E-state index in [1.54, 1.807) is 13.0 Å². The molecular formula is C16H19N3O5S. The van der Waals surface area contributed by atoms with Crippen LogP contribution in [0.15, 0.2) is 18.3 Å². The fourth-order valence-electron chi connectivity index (χ4n) is 3.33. The van der Waals surface area contributed by atoms with E-state index >= 15 is 0 Å². The molecule has 1 fully saturated rings. The van der Waals surface area contributed by atoms with Crippen LogP contribution >= 0.6 is 0 Å². The third-order valence-electron chi connectivity index (χ3n) is 4.59. The Morgan fingerprint density at radius 3 is 2.72 bits per heavy atom. The van der Waals surface area contributed by atoms with E-state index in [0.29, 0.717) is 13.0 Å². The molecule has 25 heavy (non-hydrogen) atoms. The Hall–Kier alpha value is -2.29. The lowest BCUT2D eigenvalue weighted by molar-refractivity contribution is -0.132. The summed E-state index contributed by atoms with van der Waals surface area (Å²) in [5.74, 6) is -1.14. The third kappa shape index (κ3) is 3.28. The van der Waals surface area contributed by atoms with Gasteiger partial charge in [-0.3, -0.25) is 24.3 Å². The third-order valence-corrected chi connectivity index (χ3v) is 6.34. The summed E-state index contributed by atoms with van der Waals surface area (Å²) in [7, 11) is -3.09. The molecule has 0 aromatic carbocycles. The summed E-state index contributed by atoms with van der Waals surface area (Å²) >= 11 is 0. The van der Waals surface area contributed by atoms with Gasteiger partial charge < -0.3 is 4.90 Å². The van der Waals surface area contributed by atoms with E-state index in [1.165, 1.54) is 17.2 Å². The molecule has 0 aliphatic carbocycles. The summed E-state index contributed by atoms with van der Waals surface area (Å²) in [6.07, 6.45) is 1.84. The number of carbonyl (C=O) groups is 3. The largest absolute Gasteiger partial charge is 0.339 e. The van der Waals surface area contributed by atoms with Crippen molar-refractivity contribution in [2.45, 2.75) is 25.8 Å². The first-order chi connectivity index (χ1) is 11.8. The number of hydrogen-bond acceptors (Lipinski definition) is 6. The van der Waals surface area contributed by atoms with Crippen molar-refractivity contribution in [3.63, 3.8) is 0 Å². The SMILES string of the molecule is CCN(C(=O)CCN1C(=O)c2cccnc2C1=O)C1CCS(=O)(=O)C1. The molecule has 8 nitrogen and oxygen atoms in total. The lowest BCUT2D eigenvalue weighted by Crippen LogP contribution is -2.43. The first kappa shape index (κ1) is 17.5. The second-order valence-corrected chi connectivity index (χ2v) is 8.38. The molecule has 134 valence electrons. The molecule has 1 atom stereocenters. The van der Waals surface area contributed by atoms with Crippen molar-refractivity contribution in [3.05, 3.63) is 29.6 Å². The average Bonchev–Trinajstić information content (AvgIpc) is 3.05. The molecule has 3 rings (SSSR count). The van der Waals surface area contributed by atoms with Crippen LogP contribution in [0.1, 0.15) is 40.6 Å². The van der Waals surface area contributed by atoms with Gasteiger partial charge in [-0.2, -0.15) is 0 Å². The van der Waals surface area contributed by atoms with Gasteiger partial charge in [0.1, 0.15) is 5.69 Å². The van der Waals surface area contributed by atoms with Crippen molar-refractivity contribution in [3.8, 4) is 0 Å². The molecule has 0 bridgehead atoms. The molecule has 0 spiro atoms. The van der Waals surface area contributed by atoms with Gasteiger partial charge in [-0.25, -0.2) is 8.42 Å². The topological polar surface area (TPSA) is 105 Å². The minimum absolute atomic E-state index is 0.0243. The zero-order chi connectivity index (χ0) is 18.2. The van der Waals surface area contributed by atoms with Gasteiger partial charge in [-0.05, 0) is 25.5 Å². The van der Waals surface area contributed by atoms with Crippen LogP contribution in [0.4, 0.5) is 0 Å². The predicted octanol–water partition coefficient (Wildman–Crippen LogP) is 0.103. The number of aromatic nitrogens is 1. The number of amides is 3. The Balaban J connectivity index is 1.64. The maximum absolute atomic E-state index is 12.5. The number of pyridine rings is 1. The maximum atomic E-state index is 12.5. The van der Waals surface area contributed by atoms with E-state index < -0.39 is 21.7 Å². The van der Waals surface area contributed by atoms with Crippen LogP contribution in [0.25, 0.3) is 0 Å². The molecule has 9 heteroatoms. The Morgan fingerprint density at radius 2 is 2.12 bits per heavy atom. The van der Waals surface area contributed by atoms with Crippen LogP contribution in [0, 0.1) is 0 Å². The summed E-state index contributed by atoms with van der Waals surface area (Å²) < 4.78 is 23.2. The average molecular weight is 365 g/mol. The van der Waals surface area contributed by atoms with E-state index in [0.717, 1.165) is 4.90 Å². The van der Waals surface area contributed by atoms with Crippen molar-refractivity contribution in [1.29, 1.82) is 0 Å². The summed E-state index contributed by atoms with van der Waals surface area (Å²) in [5, 5.41) is 0. The normalized spacial score (nSPS) is 21.5. The number of hydrogen-bond donors (Lipinski definition) is 0. The van der Waals surface area contributed by atoms with Gasteiger partial charge >= 0.3 is 0 Å². The van der Waals surface area contributed by atoms with E-state index in [-0.39, 0.29) is 47.7 Å². The molecule has 2 aliphatic heterocycles. The molecule has 3 amide bonds. The second-order valence-electron chi connectivity index (χ2n) is 6.15. The number of nitrogens with zero attached hydrogens (tertiary/aromatic N) is 3. The van der Waals surface area contributed by atoms with Crippen LogP contribution in [-0.2, 0) is 14.6 Å². The Labute approximate surface area is 145 Å². The minimum Gasteiger partial charge on any atom is -0.339 e. The molecule has 0 radical (unpaired) electrons. The van der Waals surface area contributed by atoms with Crippen molar-refractivity contribution in [2.24, 2.45) is 0 Å². The van der Waals surface area contributed by atoms with E-state index in [2.05, 4.69) is 4.98 Å². The Morgan fingerprint density at radius 1 is 1.36 bits per heavy atom. The highest BCUT2D eigenvalue weighted by Gasteiger charge is 2.38. The number of carbonyl (C=O) groups excluding carboxylic acids is 3. The van der Waals surface area contributed by atoms with Crippen LogP contribution in [-0.4, -0.2) is 71.6 Å². The summed E-state index contributed by atoms with van der Waals surface area (Å²) in [4.78, 5) is 43.5. The second kappa shape index (κ2) is 6.55. The highest BCUT2D eigenvalue weighted by Crippen LogP contribution is 2.22. The first-order valence-electron chi connectivity index (χ1n) is 8.15. The monoisotopic (exact) mass is 365 g/mol. The smallest absolute Gasteiger partial charge is 0.280 e. The van der Waals surface area contributed by atoms with Crippen LogP contribution in [0.3, 0.4) is 0 Å². The lowest BCUT2D eigenvalue weighted by Gasteiger charge is -2.27. The molecule has 1 aromatic heterocycles. The Kier molecular flexibility index (Phi) is 4.59. The lowest BCUT2D eigenvalue weighted by atomic mass is 10.2. The van der Waals surface area contributed by atoms with E-state index in [1.807, 2.05) is 0 Å². The quantitative estimate of drug-likeness (QED) is 0.686. The van der Waals surface area contributed by atoms with Gasteiger partial charge in [0.2, 0.25) is 5.91 Å².